The molecule has 2 aromatic carbocycles. The highest BCUT2D eigenvalue weighted by molar-refractivity contribution is 5.65. The molecule has 106 valence electrons. The van der Waals surface area contributed by atoms with Gasteiger partial charge >= 0.3 is 0 Å². The first kappa shape index (κ1) is 14.4. The molecule has 0 unspecified atom stereocenters. The Labute approximate surface area is 122 Å². The highest BCUT2D eigenvalue weighted by Crippen LogP contribution is 2.27. The number of benzene rings is 2. The van der Waals surface area contributed by atoms with E-state index in [-0.39, 0.29) is 5.41 Å². The van der Waals surface area contributed by atoms with Gasteiger partial charge in [0.2, 0.25) is 0 Å². The summed E-state index contributed by atoms with van der Waals surface area (Å²) in [5.74, 6) is 0. The minimum absolute atomic E-state index is 0.0563. The first-order chi connectivity index (χ1) is 9.40. The van der Waals surface area contributed by atoms with Gasteiger partial charge in [0.1, 0.15) is 0 Å². The van der Waals surface area contributed by atoms with E-state index < -0.39 is 0 Å². The Morgan fingerprint density at radius 1 is 1.00 bits per heavy atom. The van der Waals surface area contributed by atoms with Crippen molar-refractivity contribution in [2.75, 3.05) is 17.6 Å². The molecule has 0 fully saturated rings. The van der Waals surface area contributed by atoms with Crippen molar-refractivity contribution in [2.45, 2.75) is 33.1 Å². The van der Waals surface area contributed by atoms with E-state index in [2.05, 4.69) is 51.2 Å². The topological polar surface area (TPSA) is 38.0 Å². The lowest BCUT2D eigenvalue weighted by atomic mass is 9.83. The zero-order valence-electron chi connectivity index (χ0n) is 12.8. The number of nitrogen functional groups attached to an aromatic ring is 1. The minimum atomic E-state index is 0.0563. The monoisotopic (exact) mass is 268 g/mol. The number of rotatable bonds is 4. The summed E-state index contributed by atoms with van der Waals surface area (Å²) >= 11 is 0. The summed E-state index contributed by atoms with van der Waals surface area (Å²) in [4.78, 5) is 0. The van der Waals surface area contributed by atoms with Gasteiger partial charge in [-0.1, -0.05) is 44.2 Å². The van der Waals surface area contributed by atoms with Crippen LogP contribution in [0.4, 0.5) is 11.4 Å². The molecular weight excluding hydrogens is 244 g/mol. The van der Waals surface area contributed by atoms with Crippen LogP contribution in [0.1, 0.15) is 30.5 Å². The van der Waals surface area contributed by atoms with E-state index in [0.717, 1.165) is 17.9 Å². The standard InChI is InChI=1S/C18H24N2/c1-13-9-10-15(11-14(13)2)18(3,4)12-20-17-8-6-5-7-16(17)19/h5-11,20H,12,19H2,1-4H3. The fraction of sp³-hybridized carbons (Fsp3) is 0.333. The molecule has 2 rings (SSSR count). The molecule has 0 spiro atoms. The number of anilines is 2. The Balaban J connectivity index is 2.14. The predicted octanol–water partition coefficient (Wildman–Crippen LogP) is 4.28. The maximum atomic E-state index is 5.97. The quantitative estimate of drug-likeness (QED) is 0.812. The Morgan fingerprint density at radius 3 is 2.35 bits per heavy atom. The summed E-state index contributed by atoms with van der Waals surface area (Å²) < 4.78 is 0. The molecule has 0 radical (unpaired) electrons. The number of hydrogen-bond acceptors (Lipinski definition) is 2. The lowest BCUT2D eigenvalue weighted by molar-refractivity contribution is 0.556. The summed E-state index contributed by atoms with van der Waals surface area (Å²) in [5.41, 5.74) is 11.9. The van der Waals surface area contributed by atoms with E-state index in [4.69, 9.17) is 5.73 Å². The molecule has 0 saturated heterocycles. The van der Waals surface area contributed by atoms with Gasteiger partial charge < -0.3 is 11.1 Å². The van der Waals surface area contributed by atoms with Gasteiger partial charge in [-0.05, 0) is 42.7 Å². The molecule has 0 heterocycles. The van der Waals surface area contributed by atoms with Crippen molar-refractivity contribution in [1.82, 2.24) is 0 Å². The predicted molar refractivity (Wildman–Crippen MR) is 88.3 cm³/mol. The van der Waals surface area contributed by atoms with Crippen LogP contribution in [0.2, 0.25) is 0 Å². The van der Waals surface area contributed by atoms with Crippen molar-refractivity contribution in [3.63, 3.8) is 0 Å². The average molecular weight is 268 g/mol. The Hall–Kier alpha value is -1.96. The number of nitrogens with two attached hydrogens (primary N) is 1. The number of nitrogens with one attached hydrogen (secondary N) is 1. The molecule has 0 aromatic heterocycles. The van der Waals surface area contributed by atoms with Crippen molar-refractivity contribution in [3.05, 3.63) is 59.2 Å². The van der Waals surface area contributed by atoms with Gasteiger partial charge in [0.05, 0.1) is 11.4 Å². The van der Waals surface area contributed by atoms with Gasteiger partial charge in [-0.3, -0.25) is 0 Å². The normalized spacial score (nSPS) is 11.4. The molecule has 2 heteroatoms. The van der Waals surface area contributed by atoms with Crippen LogP contribution in [-0.2, 0) is 5.41 Å². The zero-order valence-corrected chi connectivity index (χ0v) is 12.8. The highest BCUT2D eigenvalue weighted by atomic mass is 14.9. The molecule has 2 nitrogen and oxygen atoms in total. The van der Waals surface area contributed by atoms with Crippen LogP contribution in [0.15, 0.2) is 42.5 Å². The van der Waals surface area contributed by atoms with Crippen LogP contribution in [-0.4, -0.2) is 6.54 Å². The van der Waals surface area contributed by atoms with Crippen molar-refractivity contribution in [1.29, 1.82) is 0 Å². The summed E-state index contributed by atoms with van der Waals surface area (Å²) in [6.07, 6.45) is 0. The average Bonchev–Trinajstić information content (AvgIpc) is 2.41. The van der Waals surface area contributed by atoms with Gasteiger partial charge in [-0.25, -0.2) is 0 Å². The van der Waals surface area contributed by atoms with Crippen molar-refractivity contribution >= 4 is 11.4 Å². The highest BCUT2D eigenvalue weighted by Gasteiger charge is 2.21. The lowest BCUT2D eigenvalue weighted by Crippen LogP contribution is -2.28. The molecule has 0 aliphatic heterocycles. The Morgan fingerprint density at radius 2 is 1.70 bits per heavy atom. The van der Waals surface area contributed by atoms with Gasteiger partial charge in [0, 0.05) is 12.0 Å². The minimum Gasteiger partial charge on any atom is -0.397 e. The molecule has 20 heavy (non-hydrogen) atoms. The second-order valence-electron chi connectivity index (χ2n) is 6.12. The summed E-state index contributed by atoms with van der Waals surface area (Å²) in [6.45, 7) is 9.67. The summed E-state index contributed by atoms with van der Waals surface area (Å²) in [5, 5.41) is 3.46. The Bertz CT molecular complexity index is 600. The van der Waals surface area contributed by atoms with Gasteiger partial charge in [0.15, 0.2) is 0 Å². The molecule has 0 aliphatic rings. The number of para-hydroxylation sites is 2. The summed E-state index contributed by atoms with van der Waals surface area (Å²) in [7, 11) is 0. The van der Waals surface area contributed by atoms with Gasteiger partial charge in [-0.15, -0.1) is 0 Å². The number of aryl methyl sites for hydroxylation is 2. The first-order valence-electron chi connectivity index (χ1n) is 7.06. The van der Waals surface area contributed by atoms with Crippen LogP contribution < -0.4 is 11.1 Å². The molecule has 3 N–H and O–H groups in total. The lowest BCUT2D eigenvalue weighted by Gasteiger charge is -2.27. The van der Waals surface area contributed by atoms with Crippen LogP contribution in [0.5, 0.6) is 0 Å². The molecule has 0 atom stereocenters. The maximum Gasteiger partial charge on any atom is 0.0574 e. The van der Waals surface area contributed by atoms with Crippen molar-refractivity contribution < 1.29 is 0 Å². The molecule has 0 aliphatic carbocycles. The Kier molecular flexibility index (Phi) is 4.03. The van der Waals surface area contributed by atoms with Crippen molar-refractivity contribution in [3.8, 4) is 0 Å². The fourth-order valence-electron chi connectivity index (χ4n) is 2.24. The molecule has 0 amide bonds. The largest absolute Gasteiger partial charge is 0.397 e. The van der Waals surface area contributed by atoms with E-state index in [1.807, 2.05) is 24.3 Å². The number of hydrogen-bond donors (Lipinski definition) is 2. The molecule has 2 aromatic rings. The third-order valence-corrected chi connectivity index (χ3v) is 3.97. The molecular formula is C18H24N2. The van der Waals surface area contributed by atoms with E-state index in [1.54, 1.807) is 0 Å². The van der Waals surface area contributed by atoms with E-state index in [9.17, 15) is 0 Å². The van der Waals surface area contributed by atoms with Crippen LogP contribution in [0.25, 0.3) is 0 Å². The summed E-state index contributed by atoms with van der Waals surface area (Å²) in [6, 6.07) is 14.6. The third kappa shape index (κ3) is 3.13. The first-order valence-corrected chi connectivity index (χ1v) is 7.06. The van der Waals surface area contributed by atoms with Crippen molar-refractivity contribution in [2.24, 2.45) is 0 Å². The van der Waals surface area contributed by atoms with E-state index in [1.165, 1.54) is 16.7 Å². The molecule has 0 saturated carbocycles. The van der Waals surface area contributed by atoms with Crippen LogP contribution in [0, 0.1) is 13.8 Å². The second kappa shape index (κ2) is 5.58. The van der Waals surface area contributed by atoms with E-state index in [0.29, 0.717) is 0 Å². The molecule has 0 bridgehead atoms. The maximum absolute atomic E-state index is 5.97. The van der Waals surface area contributed by atoms with E-state index >= 15 is 0 Å². The van der Waals surface area contributed by atoms with Crippen LogP contribution >= 0.6 is 0 Å². The third-order valence-electron chi connectivity index (χ3n) is 3.97. The fourth-order valence-corrected chi connectivity index (χ4v) is 2.24. The SMILES string of the molecule is Cc1ccc(C(C)(C)CNc2ccccc2N)cc1C. The van der Waals surface area contributed by atoms with Crippen LogP contribution in [0.3, 0.4) is 0 Å². The van der Waals surface area contributed by atoms with Gasteiger partial charge in [0.25, 0.3) is 0 Å². The second-order valence-corrected chi connectivity index (χ2v) is 6.12. The van der Waals surface area contributed by atoms with Gasteiger partial charge in [-0.2, -0.15) is 0 Å². The smallest absolute Gasteiger partial charge is 0.0574 e. The zero-order chi connectivity index (χ0) is 14.8.